The monoisotopic (exact) mass is 334 g/mol. The summed E-state index contributed by atoms with van der Waals surface area (Å²) in [4.78, 5) is 11.7. The fourth-order valence-corrected chi connectivity index (χ4v) is 1.82. The summed E-state index contributed by atoms with van der Waals surface area (Å²) in [7, 11) is 0. The van der Waals surface area contributed by atoms with Crippen molar-refractivity contribution in [3.05, 3.63) is 59.7 Å². The lowest BCUT2D eigenvalue weighted by Gasteiger charge is -2.10. The molecule has 0 unspecified atom stereocenters. The summed E-state index contributed by atoms with van der Waals surface area (Å²) in [5.41, 5.74) is 1.81. The lowest BCUT2D eigenvalue weighted by atomic mass is 10.2. The van der Waals surface area contributed by atoms with Crippen LogP contribution in [0.4, 0.5) is 8.78 Å². The summed E-state index contributed by atoms with van der Waals surface area (Å²) in [5, 5.41) is 3.52. The molecule has 0 aliphatic carbocycles. The number of hydrazone groups is 1. The Morgan fingerprint density at radius 2 is 1.71 bits per heavy atom. The van der Waals surface area contributed by atoms with Crippen LogP contribution in [0, 0.1) is 11.6 Å². The summed E-state index contributed by atoms with van der Waals surface area (Å²) < 4.78 is 37.5. The zero-order chi connectivity index (χ0) is 17.4. The summed E-state index contributed by atoms with van der Waals surface area (Å²) >= 11 is 0. The Kier molecular flexibility index (Phi) is 6.24. The molecule has 0 radical (unpaired) electrons. The maximum absolute atomic E-state index is 13.4. The van der Waals surface area contributed by atoms with Crippen molar-refractivity contribution in [2.45, 2.75) is 6.92 Å². The van der Waals surface area contributed by atoms with Gasteiger partial charge in [-0.1, -0.05) is 18.2 Å². The molecular formula is C17H16F2N2O3. The normalized spacial score (nSPS) is 10.6. The molecule has 2 rings (SSSR count). The SMILES string of the molecule is CCOc1ccccc1OCC(=O)N/N=C/c1c(F)cccc1F. The van der Waals surface area contributed by atoms with Crippen molar-refractivity contribution in [2.75, 3.05) is 13.2 Å². The molecule has 126 valence electrons. The third-order valence-corrected chi connectivity index (χ3v) is 2.89. The second kappa shape index (κ2) is 8.61. The first-order valence-electron chi connectivity index (χ1n) is 7.22. The minimum atomic E-state index is -0.769. The summed E-state index contributed by atoms with van der Waals surface area (Å²) in [6.07, 6.45) is 0.900. The fraction of sp³-hybridized carbons (Fsp3) is 0.176. The van der Waals surface area contributed by atoms with Gasteiger partial charge >= 0.3 is 0 Å². The molecule has 0 spiro atoms. The van der Waals surface area contributed by atoms with Gasteiger partial charge in [-0.2, -0.15) is 5.10 Å². The third kappa shape index (κ3) is 4.77. The van der Waals surface area contributed by atoms with Crippen LogP contribution in [0.5, 0.6) is 11.5 Å². The number of ether oxygens (including phenoxy) is 2. The summed E-state index contributed by atoms with van der Waals surface area (Å²) in [6, 6.07) is 10.3. The highest BCUT2D eigenvalue weighted by Gasteiger charge is 2.08. The van der Waals surface area contributed by atoms with E-state index < -0.39 is 17.5 Å². The summed E-state index contributed by atoms with van der Waals surface area (Å²) in [6.45, 7) is 1.98. The zero-order valence-electron chi connectivity index (χ0n) is 13.0. The van der Waals surface area contributed by atoms with E-state index in [1.807, 2.05) is 6.92 Å². The molecule has 0 saturated heterocycles. The smallest absolute Gasteiger partial charge is 0.277 e. The second-order valence-electron chi connectivity index (χ2n) is 4.60. The summed E-state index contributed by atoms with van der Waals surface area (Å²) in [5.74, 6) is -1.18. The van der Waals surface area contributed by atoms with Gasteiger partial charge in [-0.3, -0.25) is 4.79 Å². The van der Waals surface area contributed by atoms with Crippen LogP contribution in [-0.4, -0.2) is 25.3 Å². The van der Waals surface area contributed by atoms with Crippen LogP contribution >= 0.6 is 0 Å². The van der Waals surface area contributed by atoms with Crippen LogP contribution in [-0.2, 0) is 4.79 Å². The molecule has 2 aromatic carbocycles. The van der Waals surface area contributed by atoms with Crippen LogP contribution in [0.2, 0.25) is 0 Å². The molecule has 1 amide bonds. The molecule has 1 N–H and O–H groups in total. The number of rotatable bonds is 7. The molecule has 7 heteroatoms. The van der Waals surface area contributed by atoms with E-state index in [2.05, 4.69) is 10.5 Å². The average molecular weight is 334 g/mol. The molecule has 0 heterocycles. The van der Waals surface area contributed by atoms with E-state index in [0.717, 1.165) is 18.3 Å². The minimum Gasteiger partial charge on any atom is -0.490 e. The van der Waals surface area contributed by atoms with Gasteiger partial charge in [0, 0.05) is 0 Å². The number of benzene rings is 2. The molecule has 0 saturated carbocycles. The Hall–Kier alpha value is -2.96. The average Bonchev–Trinajstić information content (AvgIpc) is 2.57. The van der Waals surface area contributed by atoms with Crippen molar-refractivity contribution in [2.24, 2.45) is 5.10 Å². The van der Waals surface area contributed by atoms with Gasteiger partial charge in [0.25, 0.3) is 5.91 Å². The van der Waals surface area contributed by atoms with E-state index in [0.29, 0.717) is 18.1 Å². The lowest BCUT2D eigenvalue weighted by molar-refractivity contribution is -0.123. The number of carbonyl (C=O) groups excluding carboxylic acids is 1. The number of para-hydroxylation sites is 2. The predicted molar refractivity (Wildman–Crippen MR) is 85.2 cm³/mol. The highest BCUT2D eigenvalue weighted by molar-refractivity contribution is 5.83. The van der Waals surface area contributed by atoms with Crippen LogP contribution < -0.4 is 14.9 Å². The van der Waals surface area contributed by atoms with E-state index in [4.69, 9.17) is 9.47 Å². The third-order valence-electron chi connectivity index (χ3n) is 2.89. The van der Waals surface area contributed by atoms with Crippen molar-refractivity contribution >= 4 is 12.1 Å². The molecule has 0 aromatic heterocycles. The van der Waals surface area contributed by atoms with Crippen LogP contribution in [0.15, 0.2) is 47.6 Å². The zero-order valence-corrected chi connectivity index (χ0v) is 13.0. The van der Waals surface area contributed by atoms with Gasteiger partial charge in [-0.15, -0.1) is 0 Å². The van der Waals surface area contributed by atoms with Crippen molar-refractivity contribution in [1.29, 1.82) is 0 Å². The first kappa shape index (κ1) is 17.4. The Labute approximate surface area is 137 Å². The molecule has 5 nitrogen and oxygen atoms in total. The molecule has 0 fully saturated rings. The van der Waals surface area contributed by atoms with E-state index in [1.165, 1.54) is 6.07 Å². The number of hydrogen-bond donors (Lipinski definition) is 1. The number of hydrogen-bond acceptors (Lipinski definition) is 4. The van der Waals surface area contributed by atoms with Gasteiger partial charge < -0.3 is 9.47 Å². The van der Waals surface area contributed by atoms with Gasteiger partial charge in [-0.05, 0) is 31.2 Å². The first-order valence-corrected chi connectivity index (χ1v) is 7.22. The minimum absolute atomic E-state index is 0.318. The number of amides is 1. The Morgan fingerprint density at radius 1 is 1.08 bits per heavy atom. The van der Waals surface area contributed by atoms with Gasteiger partial charge in [-0.25, -0.2) is 14.2 Å². The number of nitrogens with one attached hydrogen (secondary N) is 1. The highest BCUT2D eigenvalue weighted by atomic mass is 19.1. The maximum Gasteiger partial charge on any atom is 0.277 e. The molecule has 0 aliphatic rings. The predicted octanol–water partition coefficient (Wildman–Crippen LogP) is 2.89. The Morgan fingerprint density at radius 3 is 2.33 bits per heavy atom. The molecule has 24 heavy (non-hydrogen) atoms. The highest BCUT2D eigenvalue weighted by Crippen LogP contribution is 2.26. The first-order chi connectivity index (χ1) is 11.6. The van der Waals surface area contributed by atoms with Crippen LogP contribution in [0.3, 0.4) is 0 Å². The van der Waals surface area contributed by atoms with Crippen LogP contribution in [0.25, 0.3) is 0 Å². The van der Waals surface area contributed by atoms with E-state index in [-0.39, 0.29) is 12.2 Å². The molecule has 0 aliphatic heterocycles. The lowest BCUT2D eigenvalue weighted by Crippen LogP contribution is -2.24. The largest absolute Gasteiger partial charge is 0.490 e. The van der Waals surface area contributed by atoms with Gasteiger partial charge in [0.2, 0.25) is 0 Å². The fourth-order valence-electron chi connectivity index (χ4n) is 1.82. The van der Waals surface area contributed by atoms with Gasteiger partial charge in [0.1, 0.15) is 11.6 Å². The topological polar surface area (TPSA) is 59.9 Å². The van der Waals surface area contributed by atoms with Crippen molar-refractivity contribution in [1.82, 2.24) is 5.43 Å². The van der Waals surface area contributed by atoms with Gasteiger partial charge in [0.15, 0.2) is 18.1 Å². The number of carbonyl (C=O) groups is 1. The van der Waals surface area contributed by atoms with Crippen molar-refractivity contribution in [3.8, 4) is 11.5 Å². The van der Waals surface area contributed by atoms with Crippen molar-refractivity contribution in [3.63, 3.8) is 0 Å². The molecular weight excluding hydrogens is 318 g/mol. The molecule has 2 aromatic rings. The Balaban J connectivity index is 1.89. The second-order valence-corrected chi connectivity index (χ2v) is 4.60. The van der Waals surface area contributed by atoms with E-state index in [1.54, 1.807) is 24.3 Å². The standard InChI is InChI=1S/C17H16F2N2O3/c1-2-23-15-8-3-4-9-16(15)24-11-17(22)21-20-10-12-13(18)6-5-7-14(12)19/h3-10H,2,11H2,1H3,(H,21,22)/b20-10+. The number of nitrogens with zero attached hydrogens (tertiary/aromatic N) is 1. The Bertz CT molecular complexity index is 715. The molecule has 0 bridgehead atoms. The van der Waals surface area contributed by atoms with E-state index >= 15 is 0 Å². The number of halogens is 2. The maximum atomic E-state index is 13.4. The quantitative estimate of drug-likeness (QED) is 0.626. The van der Waals surface area contributed by atoms with Crippen LogP contribution in [0.1, 0.15) is 12.5 Å². The molecule has 0 atom stereocenters. The van der Waals surface area contributed by atoms with Crippen molar-refractivity contribution < 1.29 is 23.0 Å². The van der Waals surface area contributed by atoms with E-state index in [9.17, 15) is 13.6 Å². The van der Waals surface area contributed by atoms with Gasteiger partial charge in [0.05, 0.1) is 18.4 Å².